The molecular weight excluding hydrogens is 250 g/mol. The van der Waals surface area contributed by atoms with Crippen LogP contribution in [-0.4, -0.2) is 10.4 Å². The molecule has 1 heterocycles. The molecule has 1 aromatic carbocycles. The van der Waals surface area contributed by atoms with Crippen LogP contribution in [0.25, 0.3) is 10.2 Å². The van der Waals surface area contributed by atoms with Crippen LogP contribution in [0.4, 0.5) is 0 Å². The molecule has 0 aliphatic heterocycles. The molecule has 0 spiro atoms. The van der Waals surface area contributed by atoms with Crippen molar-refractivity contribution in [3.8, 4) is 0 Å². The Kier molecular flexibility index (Phi) is 3.34. The quantitative estimate of drug-likeness (QED) is 0.737. The van der Waals surface area contributed by atoms with Gasteiger partial charge < -0.3 is 0 Å². The number of hydrogen-bond donors (Lipinski definition) is 0. The van der Waals surface area contributed by atoms with E-state index in [9.17, 15) is 0 Å². The Morgan fingerprint density at radius 1 is 1.29 bits per heavy atom. The first-order valence-corrected chi connectivity index (χ1v) is 7.57. The average Bonchev–Trinajstić information content (AvgIpc) is 2.97. The molecule has 1 aliphatic rings. The maximum atomic E-state index is 6.52. The number of para-hydroxylation sites is 1. The molecule has 0 saturated heterocycles. The summed E-state index contributed by atoms with van der Waals surface area (Å²) in [5, 5.41) is 1.47. The number of alkyl halides is 1. The number of nitrogens with zero attached hydrogens (tertiary/aromatic N) is 1. The SMILES string of the molecule is ClC(Cc1nc2ccccc2s1)C1CCCC1. The molecule has 0 bridgehead atoms. The smallest absolute Gasteiger partial charge is 0.0953 e. The molecular formula is C14H16ClNS. The number of benzene rings is 1. The minimum Gasteiger partial charge on any atom is -0.241 e. The first kappa shape index (κ1) is 11.5. The van der Waals surface area contributed by atoms with Gasteiger partial charge in [-0.2, -0.15) is 0 Å². The van der Waals surface area contributed by atoms with Crippen molar-refractivity contribution in [2.75, 3.05) is 0 Å². The van der Waals surface area contributed by atoms with Gasteiger partial charge in [-0.15, -0.1) is 22.9 Å². The molecule has 0 radical (unpaired) electrons. The second-order valence-corrected chi connectivity index (χ2v) is 6.52. The summed E-state index contributed by atoms with van der Waals surface area (Å²) in [6.07, 6.45) is 6.26. The predicted octanol–water partition coefficient (Wildman–Crippen LogP) is 4.64. The van der Waals surface area contributed by atoms with Gasteiger partial charge in [-0.1, -0.05) is 25.0 Å². The van der Waals surface area contributed by atoms with Crippen LogP contribution in [0.5, 0.6) is 0 Å². The average molecular weight is 266 g/mol. The molecule has 0 N–H and O–H groups in total. The highest BCUT2D eigenvalue weighted by molar-refractivity contribution is 7.18. The largest absolute Gasteiger partial charge is 0.241 e. The van der Waals surface area contributed by atoms with Crippen molar-refractivity contribution >= 4 is 33.2 Å². The number of aromatic nitrogens is 1. The molecule has 1 saturated carbocycles. The first-order valence-electron chi connectivity index (χ1n) is 6.31. The monoisotopic (exact) mass is 265 g/mol. The maximum absolute atomic E-state index is 6.52. The Balaban J connectivity index is 1.75. The van der Waals surface area contributed by atoms with E-state index in [-0.39, 0.29) is 5.38 Å². The van der Waals surface area contributed by atoms with E-state index >= 15 is 0 Å². The molecule has 90 valence electrons. The zero-order valence-electron chi connectivity index (χ0n) is 9.73. The van der Waals surface area contributed by atoms with E-state index < -0.39 is 0 Å². The molecule has 1 unspecified atom stereocenters. The molecule has 17 heavy (non-hydrogen) atoms. The van der Waals surface area contributed by atoms with Crippen molar-refractivity contribution in [3.63, 3.8) is 0 Å². The first-order chi connectivity index (χ1) is 8.33. The van der Waals surface area contributed by atoms with E-state index in [4.69, 9.17) is 11.6 Å². The number of fused-ring (bicyclic) bond motifs is 1. The molecule has 3 rings (SSSR count). The van der Waals surface area contributed by atoms with E-state index in [0.717, 1.165) is 11.9 Å². The van der Waals surface area contributed by atoms with Crippen LogP contribution in [0.15, 0.2) is 24.3 Å². The zero-order valence-corrected chi connectivity index (χ0v) is 11.3. The second-order valence-electron chi connectivity index (χ2n) is 4.84. The van der Waals surface area contributed by atoms with Gasteiger partial charge in [0.15, 0.2) is 0 Å². The molecule has 2 aromatic rings. The summed E-state index contributed by atoms with van der Waals surface area (Å²) >= 11 is 8.30. The number of thiazole rings is 1. The number of hydrogen-bond acceptors (Lipinski definition) is 2. The van der Waals surface area contributed by atoms with Crippen molar-refractivity contribution in [1.82, 2.24) is 4.98 Å². The van der Waals surface area contributed by atoms with Crippen LogP contribution in [0.2, 0.25) is 0 Å². The molecule has 1 fully saturated rings. The van der Waals surface area contributed by atoms with Gasteiger partial charge >= 0.3 is 0 Å². The van der Waals surface area contributed by atoms with Gasteiger partial charge in [-0.05, 0) is 30.9 Å². The Hall–Kier alpha value is -0.600. The van der Waals surface area contributed by atoms with Gasteiger partial charge in [0.25, 0.3) is 0 Å². The molecule has 1 aliphatic carbocycles. The minimum absolute atomic E-state index is 0.276. The van der Waals surface area contributed by atoms with E-state index in [1.807, 2.05) is 6.07 Å². The lowest BCUT2D eigenvalue weighted by Gasteiger charge is -2.14. The molecule has 0 amide bonds. The van der Waals surface area contributed by atoms with Crippen LogP contribution in [0.3, 0.4) is 0 Å². The maximum Gasteiger partial charge on any atom is 0.0953 e. The number of rotatable bonds is 3. The molecule has 1 aromatic heterocycles. The topological polar surface area (TPSA) is 12.9 Å². The number of halogens is 1. The standard InChI is InChI=1S/C14H16ClNS/c15-11(10-5-1-2-6-10)9-14-16-12-7-3-4-8-13(12)17-14/h3-4,7-8,10-11H,1-2,5-6,9H2. The minimum atomic E-state index is 0.276. The fourth-order valence-corrected chi connectivity index (χ4v) is 4.18. The van der Waals surface area contributed by atoms with E-state index in [1.165, 1.54) is 35.4 Å². The van der Waals surface area contributed by atoms with E-state index in [1.54, 1.807) is 11.3 Å². The summed E-state index contributed by atoms with van der Waals surface area (Å²) in [6.45, 7) is 0. The summed E-state index contributed by atoms with van der Waals surface area (Å²) in [5.74, 6) is 0.712. The van der Waals surface area contributed by atoms with Gasteiger partial charge in [0, 0.05) is 11.8 Å². The normalized spacial score (nSPS) is 18.9. The van der Waals surface area contributed by atoms with Gasteiger partial charge in [-0.25, -0.2) is 4.98 Å². The van der Waals surface area contributed by atoms with Crippen LogP contribution in [0, 0.1) is 5.92 Å². The van der Waals surface area contributed by atoms with Gasteiger partial charge in [-0.3, -0.25) is 0 Å². The van der Waals surface area contributed by atoms with Gasteiger partial charge in [0.05, 0.1) is 15.2 Å². The third-order valence-electron chi connectivity index (χ3n) is 3.62. The van der Waals surface area contributed by atoms with Crippen molar-refractivity contribution in [3.05, 3.63) is 29.3 Å². The Labute approximate surface area is 111 Å². The summed E-state index contributed by atoms with van der Waals surface area (Å²) in [6, 6.07) is 8.32. The van der Waals surface area contributed by atoms with E-state index in [0.29, 0.717) is 5.92 Å². The Bertz CT molecular complexity index is 469. The lowest BCUT2D eigenvalue weighted by Crippen LogP contribution is -2.14. The lowest BCUT2D eigenvalue weighted by molar-refractivity contribution is 0.512. The summed E-state index contributed by atoms with van der Waals surface area (Å²) in [4.78, 5) is 4.66. The molecule has 1 atom stereocenters. The van der Waals surface area contributed by atoms with Crippen molar-refractivity contribution in [2.24, 2.45) is 5.92 Å². The molecule has 1 nitrogen and oxygen atoms in total. The summed E-state index contributed by atoms with van der Waals surface area (Å²) in [7, 11) is 0. The highest BCUT2D eigenvalue weighted by Crippen LogP contribution is 2.33. The Morgan fingerprint density at radius 2 is 2.06 bits per heavy atom. The summed E-state index contributed by atoms with van der Waals surface area (Å²) < 4.78 is 1.28. The molecule has 3 heteroatoms. The van der Waals surface area contributed by atoms with Gasteiger partial charge in [0.2, 0.25) is 0 Å². The second kappa shape index (κ2) is 4.95. The van der Waals surface area contributed by atoms with Gasteiger partial charge in [0.1, 0.15) is 0 Å². The lowest BCUT2D eigenvalue weighted by atomic mass is 10.0. The van der Waals surface area contributed by atoms with E-state index in [2.05, 4.69) is 23.2 Å². The summed E-state index contributed by atoms with van der Waals surface area (Å²) in [5.41, 5.74) is 1.11. The van der Waals surface area contributed by atoms with Crippen molar-refractivity contribution in [1.29, 1.82) is 0 Å². The van der Waals surface area contributed by atoms with Crippen LogP contribution in [-0.2, 0) is 6.42 Å². The fourth-order valence-electron chi connectivity index (χ4n) is 2.66. The van der Waals surface area contributed by atoms with Crippen molar-refractivity contribution < 1.29 is 0 Å². The predicted molar refractivity (Wildman–Crippen MR) is 74.9 cm³/mol. The zero-order chi connectivity index (χ0) is 11.7. The van der Waals surface area contributed by atoms with Crippen LogP contribution >= 0.6 is 22.9 Å². The third kappa shape index (κ3) is 2.48. The highest BCUT2D eigenvalue weighted by Gasteiger charge is 2.24. The fraction of sp³-hybridized carbons (Fsp3) is 0.500. The highest BCUT2D eigenvalue weighted by atomic mass is 35.5. The third-order valence-corrected chi connectivity index (χ3v) is 5.19. The van der Waals surface area contributed by atoms with Crippen LogP contribution < -0.4 is 0 Å². The van der Waals surface area contributed by atoms with Crippen molar-refractivity contribution in [2.45, 2.75) is 37.5 Å². The van der Waals surface area contributed by atoms with Crippen LogP contribution in [0.1, 0.15) is 30.7 Å². The Morgan fingerprint density at radius 3 is 2.82 bits per heavy atom.